The van der Waals surface area contributed by atoms with Crippen LogP contribution >= 0.6 is 0 Å². The van der Waals surface area contributed by atoms with E-state index >= 15 is 0 Å². The molecule has 2 N–H and O–H groups in total. The van der Waals surface area contributed by atoms with Crippen molar-refractivity contribution < 1.29 is 14.3 Å². The van der Waals surface area contributed by atoms with Crippen molar-refractivity contribution in [1.29, 1.82) is 0 Å². The van der Waals surface area contributed by atoms with Crippen LogP contribution in [0.25, 0.3) is 0 Å². The summed E-state index contributed by atoms with van der Waals surface area (Å²) < 4.78 is 5.22. The summed E-state index contributed by atoms with van der Waals surface area (Å²) >= 11 is 0. The van der Waals surface area contributed by atoms with Gasteiger partial charge in [0.2, 0.25) is 5.91 Å². The third kappa shape index (κ3) is 4.59. The van der Waals surface area contributed by atoms with E-state index in [0.717, 1.165) is 24.0 Å². The van der Waals surface area contributed by atoms with Gasteiger partial charge in [0.05, 0.1) is 0 Å². The van der Waals surface area contributed by atoms with Crippen LogP contribution in [0.15, 0.2) is 60.7 Å². The van der Waals surface area contributed by atoms with Crippen LogP contribution < -0.4 is 10.6 Å². The highest BCUT2D eigenvalue weighted by Crippen LogP contribution is 2.21. The van der Waals surface area contributed by atoms with Crippen LogP contribution in [0.2, 0.25) is 0 Å². The summed E-state index contributed by atoms with van der Waals surface area (Å²) in [5, 5.41) is 5.59. The van der Waals surface area contributed by atoms with Crippen molar-refractivity contribution in [2.45, 2.75) is 31.5 Å². The van der Waals surface area contributed by atoms with E-state index in [2.05, 4.69) is 10.6 Å². The third-order valence-electron chi connectivity index (χ3n) is 3.79. The van der Waals surface area contributed by atoms with Crippen molar-refractivity contribution in [2.75, 3.05) is 0 Å². The Bertz CT molecular complexity index is 684. The van der Waals surface area contributed by atoms with Gasteiger partial charge in [-0.2, -0.15) is 0 Å². The van der Waals surface area contributed by atoms with Gasteiger partial charge in [0.25, 0.3) is 0 Å². The fraction of sp³-hybridized carbons (Fsp3) is 0.263. The molecule has 0 spiro atoms. The van der Waals surface area contributed by atoms with Crippen molar-refractivity contribution in [3.05, 3.63) is 71.8 Å². The molecule has 3 rings (SSSR count). The highest BCUT2D eigenvalue weighted by Gasteiger charge is 2.29. The molecule has 2 amide bonds. The summed E-state index contributed by atoms with van der Waals surface area (Å²) in [7, 11) is 0. The fourth-order valence-electron chi connectivity index (χ4n) is 2.34. The Labute approximate surface area is 141 Å². The van der Waals surface area contributed by atoms with Gasteiger partial charge in [-0.05, 0) is 24.0 Å². The first-order valence-electron chi connectivity index (χ1n) is 8.05. The van der Waals surface area contributed by atoms with Crippen LogP contribution in [0, 0.1) is 0 Å². The predicted octanol–water partition coefficient (Wildman–Crippen LogP) is 2.93. The number of benzene rings is 2. The summed E-state index contributed by atoms with van der Waals surface area (Å²) in [6, 6.07) is 18.1. The Morgan fingerprint density at radius 3 is 2.25 bits per heavy atom. The van der Waals surface area contributed by atoms with Gasteiger partial charge in [-0.1, -0.05) is 60.7 Å². The number of hydrogen-bond acceptors (Lipinski definition) is 3. The predicted molar refractivity (Wildman–Crippen MR) is 90.1 cm³/mol. The van der Waals surface area contributed by atoms with Gasteiger partial charge in [-0.25, -0.2) is 4.79 Å². The Morgan fingerprint density at radius 2 is 1.62 bits per heavy atom. The monoisotopic (exact) mass is 324 g/mol. The number of carbonyl (C=O) groups is 2. The molecule has 2 aromatic carbocycles. The lowest BCUT2D eigenvalue weighted by Gasteiger charge is -2.18. The minimum Gasteiger partial charge on any atom is -0.445 e. The zero-order valence-corrected chi connectivity index (χ0v) is 13.3. The molecule has 2 aromatic rings. The lowest BCUT2D eigenvalue weighted by Crippen LogP contribution is -2.41. The average molecular weight is 324 g/mol. The molecule has 24 heavy (non-hydrogen) atoms. The molecular weight excluding hydrogens is 304 g/mol. The Morgan fingerprint density at radius 1 is 1.00 bits per heavy atom. The second kappa shape index (κ2) is 7.64. The number of hydrogen-bond donors (Lipinski definition) is 2. The largest absolute Gasteiger partial charge is 0.445 e. The topological polar surface area (TPSA) is 67.4 Å². The summed E-state index contributed by atoms with van der Waals surface area (Å²) in [5.74, 6) is -0.208. The molecule has 1 unspecified atom stereocenters. The highest BCUT2D eigenvalue weighted by atomic mass is 16.5. The van der Waals surface area contributed by atoms with Crippen molar-refractivity contribution in [3.8, 4) is 0 Å². The third-order valence-corrected chi connectivity index (χ3v) is 3.79. The molecule has 1 saturated carbocycles. The number of amides is 2. The van der Waals surface area contributed by atoms with E-state index in [1.54, 1.807) is 0 Å². The van der Waals surface area contributed by atoms with E-state index in [9.17, 15) is 9.59 Å². The standard InChI is InChI=1S/C19H20N2O3/c22-18(20-16-11-12-16)17(15-9-5-2-6-10-15)21-19(23)24-13-14-7-3-1-4-8-14/h1-10,16-17H,11-13H2,(H,20,22)(H,21,23). The smallest absolute Gasteiger partial charge is 0.408 e. The van der Waals surface area contributed by atoms with Crippen LogP contribution in [0.5, 0.6) is 0 Å². The van der Waals surface area contributed by atoms with Crippen LogP contribution in [0.1, 0.15) is 30.0 Å². The zero-order chi connectivity index (χ0) is 16.8. The molecule has 0 heterocycles. The van der Waals surface area contributed by atoms with Gasteiger partial charge in [-0.15, -0.1) is 0 Å². The minimum atomic E-state index is -0.755. The Kier molecular flexibility index (Phi) is 5.11. The van der Waals surface area contributed by atoms with Gasteiger partial charge in [0.1, 0.15) is 12.6 Å². The first-order chi connectivity index (χ1) is 11.7. The van der Waals surface area contributed by atoms with Gasteiger partial charge in [0, 0.05) is 6.04 Å². The number of alkyl carbamates (subject to hydrolysis) is 1. The molecule has 0 aromatic heterocycles. The second-order valence-corrected chi connectivity index (χ2v) is 5.83. The summed E-state index contributed by atoms with van der Waals surface area (Å²) in [6.45, 7) is 0.165. The number of carbonyl (C=O) groups excluding carboxylic acids is 2. The van der Waals surface area contributed by atoms with Gasteiger partial charge in [0.15, 0.2) is 0 Å². The quantitative estimate of drug-likeness (QED) is 0.858. The zero-order valence-electron chi connectivity index (χ0n) is 13.3. The summed E-state index contributed by atoms with van der Waals surface area (Å²) in [5.41, 5.74) is 1.62. The number of ether oxygens (including phenoxy) is 1. The number of nitrogens with one attached hydrogen (secondary N) is 2. The molecule has 0 aliphatic heterocycles. The molecule has 0 saturated heterocycles. The SMILES string of the molecule is O=C(NC(C(=O)NC1CC1)c1ccccc1)OCc1ccccc1. The van der Waals surface area contributed by atoms with Crippen molar-refractivity contribution in [2.24, 2.45) is 0 Å². The first-order valence-corrected chi connectivity index (χ1v) is 8.05. The molecule has 1 fully saturated rings. The molecule has 0 radical (unpaired) electrons. The lowest BCUT2D eigenvalue weighted by atomic mass is 10.1. The molecule has 124 valence electrons. The fourth-order valence-corrected chi connectivity index (χ4v) is 2.34. The second-order valence-electron chi connectivity index (χ2n) is 5.83. The Hall–Kier alpha value is -2.82. The summed E-state index contributed by atoms with van der Waals surface area (Å²) in [4.78, 5) is 24.5. The average Bonchev–Trinajstić information content (AvgIpc) is 3.43. The van der Waals surface area contributed by atoms with Crippen LogP contribution in [-0.2, 0) is 16.1 Å². The minimum absolute atomic E-state index is 0.165. The summed E-state index contributed by atoms with van der Waals surface area (Å²) in [6.07, 6.45) is 1.37. The molecule has 1 atom stereocenters. The number of rotatable bonds is 6. The van der Waals surface area contributed by atoms with Crippen molar-refractivity contribution in [3.63, 3.8) is 0 Å². The van der Waals surface area contributed by atoms with E-state index < -0.39 is 12.1 Å². The van der Waals surface area contributed by atoms with Gasteiger partial charge >= 0.3 is 6.09 Å². The van der Waals surface area contributed by atoms with Crippen molar-refractivity contribution >= 4 is 12.0 Å². The van der Waals surface area contributed by atoms with E-state index in [1.807, 2.05) is 60.7 Å². The van der Waals surface area contributed by atoms with Gasteiger partial charge < -0.3 is 15.4 Å². The maximum atomic E-state index is 12.4. The highest BCUT2D eigenvalue weighted by molar-refractivity contribution is 5.87. The van der Waals surface area contributed by atoms with Crippen LogP contribution in [0.3, 0.4) is 0 Å². The van der Waals surface area contributed by atoms with Gasteiger partial charge in [-0.3, -0.25) is 4.79 Å². The Balaban J connectivity index is 1.62. The lowest BCUT2D eigenvalue weighted by molar-refractivity contribution is -0.123. The van der Waals surface area contributed by atoms with E-state index in [-0.39, 0.29) is 18.6 Å². The molecular formula is C19H20N2O3. The van der Waals surface area contributed by atoms with Crippen LogP contribution in [-0.4, -0.2) is 18.0 Å². The molecule has 5 heteroatoms. The van der Waals surface area contributed by atoms with E-state index in [4.69, 9.17) is 4.74 Å². The molecule has 5 nitrogen and oxygen atoms in total. The maximum Gasteiger partial charge on any atom is 0.408 e. The normalized spacial score (nSPS) is 14.5. The molecule has 1 aliphatic carbocycles. The maximum absolute atomic E-state index is 12.4. The van der Waals surface area contributed by atoms with Crippen molar-refractivity contribution in [1.82, 2.24) is 10.6 Å². The molecule has 1 aliphatic rings. The first kappa shape index (κ1) is 16.1. The molecule has 0 bridgehead atoms. The van der Waals surface area contributed by atoms with Crippen LogP contribution in [0.4, 0.5) is 4.79 Å². The van der Waals surface area contributed by atoms with E-state index in [1.165, 1.54) is 0 Å². The van der Waals surface area contributed by atoms with E-state index in [0.29, 0.717) is 0 Å².